The number of nitrogens with one attached hydrogen (secondary N) is 3. The van der Waals surface area contributed by atoms with Crippen LogP contribution < -0.4 is 16.1 Å². The van der Waals surface area contributed by atoms with Gasteiger partial charge in [0.25, 0.3) is 5.56 Å². The number of aryl methyl sites for hydroxylation is 1. The molecule has 3 N–H and O–H groups in total. The van der Waals surface area contributed by atoms with Crippen molar-refractivity contribution in [1.29, 1.82) is 0 Å². The van der Waals surface area contributed by atoms with Gasteiger partial charge in [0.1, 0.15) is 0 Å². The van der Waals surface area contributed by atoms with Crippen molar-refractivity contribution in [2.45, 2.75) is 20.8 Å². The van der Waals surface area contributed by atoms with Crippen LogP contribution in [0.25, 0.3) is 16.7 Å². The third-order valence-corrected chi connectivity index (χ3v) is 5.18. The number of aromatic nitrogens is 4. The minimum absolute atomic E-state index is 0.164. The third kappa shape index (κ3) is 3.47. The number of aromatic amines is 3. The fourth-order valence-corrected chi connectivity index (χ4v) is 3.59. The molecule has 154 valence electrons. The van der Waals surface area contributed by atoms with Gasteiger partial charge in [-0.15, -0.1) is 0 Å². The lowest BCUT2D eigenvalue weighted by Crippen LogP contribution is -2.22. The van der Waals surface area contributed by atoms with Crippen LogP contribution in [-0.2, 0) is 0 Å². The Morgan fingerprint density at radius 2 is 1.70 bits per heavy atom. The van der Waals surface area contributed by atoms with Crippen molar-refractivity contribution in [3.05, 3.63) is 74.6 Å². The lowest BCUT2D eigenvalue weighted by Gasteiger charge is -2.22. The molecule has 0 atom stereocenters. The normalized spacial score (nSPS) is 11.6. The smallest absolute Gasteiger partial charge is 0.323 e. The van der Waals surface area contributed by atoms with Gasteiger partial charge in [-0.05, 0) is 45.0 Å². The Bertz CT molecular complexity index is 1320. The molecule has 4 aromatic rings. The Kier molecular flexibility index (Phi) is 5.14. The molecule has 2 heterocycles. The van der Waals surface area contributed by atoms with Crippen LogP contribution >= 0.6 is 0 Å². The lowest BCUT2D eigenvalue weighted by molar-refractivity contribution is 0.835. The number of para-hydroxylation sites is 1. The van der Waals surface area contributed by atoms with Crippen LogP contribution in [0.4, 0.5) is 11.4 Å². The van der Waals surface area contributed by atoms with E-state index in [1.807, 2.05) is 49.4 Å². The summed E-state index contributed by atoms with van der Waals surface area (Å²) < 4.78 is 1.51. The fraction of sp³-hybridized carbons (Fsp3) is 0.227. The van der Waals surface area contributed by atoms with Crippen LogP contribution in [0.1, 0.15) is 25.1 Å². The highest BCUT2D eigenvalue weighted by Gasteiger charge is 2.14. The molecular formula is C22H24N6O2. The van der Waals surface area contributed by atoms with Crippen molar-refractivity contribution in [2.75, 3.05) is 18.0 Å². The number of hydrogen-bond donors (Lipinski definition) is 3. The largest absolute Gasteiger partial charge is 0.370 e. The minimum Gasteiger partial charge on any atom is -0.370 e. The summed E-state index contributed by atoms with van der Waals surface area (Å²) in [6.45, 7) is 7.57. The number of H-pyrrole nitrogens is 3. The molecular weight excluding hydrogens is 380 g/mol. The lowest BCUT2D eigenvalue weighted by atomic mass is 10.2. The van der Waals surface area contributed by atoms with Crippen molar-refractivity contribution in [3.8, 4) is 5.69 Å². The van der Waals surface area contributed by atoms with E-state index in [4.69, 9.17) is 0 Å². The highest BCUT2D eigenvalue weighted by atomic mass is 16.1. The molecule has 30 heavy (non-hydrogen) atoms. The fourth-order valence-electron chi connectivity index (χ4n) is 3.59. The van der Waals surface area contributed by atoms with Crippen LogP contribution in [0.3, 0.4) is 0 Å². The number of rotatable bonds is 6. The SMILES string of the molecule is CCN(CC)c1cc2[nH]c(=O)[nH]c2cc1N=Cc1c(C)[nH]n(-c2ccccc2)c1=O. The Balaban J connectivity index is 1.81. The summed E-state index contributed by atoms with van der Waals surface area (Å²) >= 11 is 0. The molecule has 0 saturated carbocycles. The standard InChI is InChI=1S/C22H24N6O2/c1-4-27(5-2)20-12-18-17(24-22(30)25-18)11-19(20)23-13-16-14(3)26-28(21(16)29)15-9-7-6-8-10-15/h6-13,26H,4-5H2,1-3H3,(H2,24,25,30). The predicted molar refractivity (Wildman–Crippen MR) is 121 cm³/mol. The van der Waals surface area contributed by atoms with Crippen molar-refractivity contribution >= 4 is 28.6 Å². The first-order valence-electron chi connectivity index (χ1n) is 9.94. The number of hydrogen-bond acceptors (Lipinski definition) is 4. The highest BCUT2D eigenvalue weighted by Crippen LogP contribution is 2.32. The monoisotopic (exact) mass is 404 g/mol. The van der Waals surface area contributed by atoms with Gasteiger partial charge in [-0.1, -0.05) is 18.2 Å². The van der Waals surface area contributed by atoms with Gasteiger partial charge < -0.3 is 14.9 Å². The molecule has 0 spiro atoms. The van der Waals surface area contributed by atoms with E-state index in [9.17, 15) is 9.59 Å². The van der Waals surface area contributed by atoms with Gasteiger partial charge >= 0.3 is 5.69 Å². The Hall–Kier alpha value is -3.81. The first-order valence-corrected chi connectivity index (χ1v) is 9.94. The van der Waals surface area contributed by atoms with E-state index in [-0.39, 0.29) is 11.2 Å². The summed E-state index contributed by atoms with van der Waals surface area (Å²) in [6.07, 6.45) is 1.59. The van der Waals surface area contributed by atoms with E-state index in [1.54, 1.807) is 6.21 Å². The Morgan fingerprint density at radius 1 is 1.03 bits per heavy atom. The number of nitrogens with zero attached hydrogens (tertiary/aromatic N) is 3. The van der Waals surface area contributed by atoms with Crippen molar-refractivity contribution < 1.29 is 0 Å². The van der Waals surface area contributed by atoms with Crippen LogP contribution in [0.15, 0.2) is 57.0 Å². The number of anilines is 1. The van der Waals surface area contributed by atoms with Gasteiger partial charge in [0.05, 0.1) is 33.7 Å². The van der Waals surface area contributed by atoms with E-state index in [1.165, 1.54) is 4.68 Å². The average molecular weight is 404 g/mol. The van der Waals surface area contributed by atoms with Crippen molar-refractivity contribution in [3.63, 3.8) is 0 Å². The second-order valence-corrected chi connectivity index (χ2v) is 7.02. The van der Waals surface area contributed by atoms with Crippen LogP contribution in [0.2, 0.25) is 0 Å². The maximum atomic E-state index is 12.9. The topological polar surface area (TPSA) is 102 Å². The number of imidazole rings is 1. The summed E-state index contributed by atoms with van der Waals surface area (Å²) in [7, 11) is 0. The zero-order valence-corrected chi connectivity index (χ0v) is 17.2. The van der Waals surface area contributed by atoms with E-state index in [0.29, 0.717) is 16.8 Å². The minimum atomic E-state index is -0.260. The number of benzene rings is 2. The summed E-state index contributed by atoms with van der Waals surface area (Å²) in [6, 6.07) is 13.2. The summed E-state index contributed by atoms with van der Waals surface area (Å²) in [5.41, 5.74) is 4.55. The molecule has 0 aliphatic carbocycles. The second-order valence-electron chi connectivity index (χ2n) is 7.02. The van der Waals surface area contributed by atoms with Crippen LogP contribution in [0.5, 0.6) is 0 Å². The first-order chi connectivity index (χ1) is 14.5. The van der Waals surface area contributed by atoms with Crippen molar-refractivity contribution in [1.82, 2.24) is 19.7 Å². The zero-order chi connectivity index (χ0) is 21.3. The molecule has 0 radical (unpaired) electrons. The predicted octanol–water partition coefficient (Wildman–Crippen LogP) is 3.24. The van der Waals surface area contributed by atoms with Gasteiger partial charge in [0, 0.05) is 25.0 Å². The van der Waals surface area contributed by atoms with E-state index >= 15 is 0 Å². The molecule has 0 aliphatic rings. The maximum Gasteiger partial charge on any atom is 0.323 e. The molecule has 0 bridgehead atoms. The molecule has 0 saturated heterocycles. The van der Waals surface area contributed by atoms with Crippen LogP contribution in [-0.4, -0.2) is 39.1 Å². The maximum absolute atomic E-state index is 12.9. The third-order valence-electron chi connectivity index (χ3n) is 5.18. The van der Waals surface area contributed by atoms with Gasteiger partial charge in [-0.25, -0.2) is 9.48 Å². The Labute approximate surface area is 172 Å². The second kappa shape index (κ2) is 7.90. The first kappa shape index (κ1) is 19.5. The van der Waals surface area contributed by atoms with Crippen molar-refractivity contribution in [2.24, 2.45) is 4.99 Å². The highest BCUT2D eigenvalue weighted by molar-refractivity contribution is 5.90. The molecule has 2 aromatic heterocycles. The summed E-state index contributed by atoms with van der Waals surface area (Å²) in [5, 5.41) is 3.11. The molecule has 0 amide bonds. The summed E-state index contributed by atoms with van der Waals surface area (Å²) in [5.74, 6) is 0. The van der Waals surface area contributed by atoms with E-state index in [0.717, 1.165) is 35.7 Å². The molecule has 0 fully saturated rings. The van der Waals surface area contributed by atoms with Gasteiger partial charge in [0.2, 0.25) is 0 Å². The van der Waals surface area contributed by atoms with Gasteiger partial charge in [0.15, 0.2) is 0 Å². The Morgan fingerprint density at radius 3 is 2.37 bits per heavy atom. The van der Waals surface area contributed by atoms with Crippen LogP contribution in [0, 0.1) is 6.92 Å². The zero-order valence-electron chi connectivity index (χ0n) is 17.2. The molecule has 8 heteroatoms. The number of aliphatic imine (C=N–C) groups is 1. The molecule has 2 aromatic carbocycles. The quantitative estimate of drug-likeness (QED) is 0.430. The number of fused-ring (bicyclic) bond motifs is 1. The van der Waals surface area contributed by atoms with E-state index < -0.39 is 0 Å². The summed E-state index contributed by atoms with van der Waals surface area (Å²) in [4.78, 5) is 37.0. The van der Waals surface area contributed by atoms with Gasteiger partial charge in [-0.2, -0.15) is 0 Å². The molecule has 0 unspecified atom stereocenters. The molecule has 0 aliphatic heterocycles. The van der Waals surface area contributed by atoms with E-state index in [2.05, 4.69) is 38.8 Å². The molecule has 8 nitrogen and oxygen atoms in total. The molecule has 4 rings (SSSR count). The average Bonchev–Trinajstić information content (AvgIpc) is 3.25. The van der Waals surface area contributed by atoms with Gasteiger partial charge in [-0.3, -0.25) is 14.9 Å².